The number of anilines is 2. The van der Waals surface area contributed by atoms with E-state index < -0.39 is 0 Å². The van der Waals surface area contributed by atoms with Crippen LogP contribution in [0.1, 0.15) is 19.3 Å². The Kier molecular flexibility index (Phi) is 10.9. The summed E-state index contributed by atoms with van der Waals surface area (Å²) in [4.78, 5) is 24.2. The van der Waals surface area contributed by atoms with Crippen LogP contribution >= 0.6 is 0 Å². The highest BCUT2D eigenvalue weighted by Crippen LogP contribution is 2.17. The summed E-state index contributed by atoms with van der Waals surface area (Å²) in [5.41, 5.74) is 1.36. The van der Waals surface area contributed by atoms with Gasteiger partial charge in [0.1, 0.15) is 24.7 Å². The van der Waals surface area contributed by atoms with E-state index in [0.717, 1.165) is 0 Å². The van der Waals surface area contributed by atoms with E-state index in [-0.39, 0.29) is 24.7 Å². The maximum atomic E-state index is 12.1. The molecule has 2 aromatic rings. The third-order valence-electron chi connectivity index (χ3n) is 4.20. The van der Waals surface area contributed by atoms with Gasteiger partial charge in [0, 0.05) is 38.4 Å². The highest BCUT2D eigenvalue weighted by atomic mass is 16.5. The summed E-state index contributed by atoms with van der Waals surface area (Å²) in [6.07, 6.45) is 0.964. The molecule has 0 unspecified atom stereocenters. The fourth-order valence-corrected chi connectivity index (χ4v) is 2.61. The molecule has 2 aromatic carbocycles. The number of hydrogen-bond donors (Lipinski definition) is 2. The first-order chi connectivity index (χ1) is 15.1. The highest BCUT2D eigenvalue weighted by molar-refractivity contribution is 5.93. The summed E-state index contributed by atoms with van der Waals surface area (Å²) in [6.45, 7) is 1.97. The van der Waals surface area contributed by atoms with E-state index in [1.807, 2.05) is 0 Å². The predicted octanol–water partition coefficient (Wildman–Crippen LogP) is 3.48. The molecule has 0 heterocycles. The standard InChI is InChI=1S/C23H30N2O6/c1-28-14-16-30-20-10-6-18(7-11-20)24-22(26)4-3-5-23(27)25-19-8-12-21(13-9-19)31-17-15-29-2/h6-13H,3-5,14-17H2,1-2H3,(H,24,26)(H,25,27). The lowest BCUT2D eigenvalue weighted by Gasteiger charge is -2.09. The van der Waals surface area contributed by atoms with Crippen LogP contribution in [0.25, 0.3) is 0 Å². The Bertz CT molecular complexity index is 725. The van der Waals surface area contributed by atoms with Crippen molar-refractivity contribution < 1.29 is 28.5 Å². The molecule has 2 N–H and O–H groups in total. The molecule has 2 amide bonds. The molecular weight excluding hydrogens is 400 g/mol. The van der Waals surface area contributed by atoms with Gasteiger partial charge in [0.25, 0.3) is 0 Å². The van der Waals surface area contributed by atoms with Crippen molar-refractivity contribution in [3.05, 3.63) is 48.5 Å². The number of methoxy groups -OCH3 is 2. The van der Waals surface area contributed by atoms with Crippen molar-refractivity contribution in [1.29, 1.82) is 0 Å². The van der Waals surface area contributed by atoms with E-state index in [4.69, 9.17) is 18.9 Å². The van der Waals surface area contributed by atoms with Crippen molar-refractivity contribution in [2.75, 3.05) is 51.3 Å². The molecule has 2 rings (SSSR count). The molecule has 0 aromatic heterocycles. The predicted molar refractivity (Wildman–Crippen MR) is 119 cm³/mol. The average molecular weight is 431 g/mol. The van der Waals surface area contributed by atoms with E-state index in [2.05, 4.69) is 10.6 Å². The van der Waals surface area contributed by atoms with Gasteiger partial charge in [-0.2, -0.15) is 0 Å². The third kappa shape index (κ3) is 9.97. The third-order valence-corrected chi connectivity index (χ3v) is 4.20. The largest absolute Gasteiger partial charge is 0.491 e. The molecule has 31 heavy (non-hydrogen) atoms. The minimum atomic E-state index is -0.140. The number of carbonyl (C=O) groups is 2. The normalized spacial score (nSPS) is 10.4. The van der Waals surface area contributed by atoms with Gasteiger partial charge >= 0.3 is 0 Å². The number of benzene rings is 2. The Labute approximate surface area is 182 Å². The molecule has 0 saturated heterocycles. The van der Waals surface area contributed by atoms with E-state index in [1.54, 1.807) is 62.8 Å². The van der Waals surface area contributed by atoms with Crippen molar-refractivity contribution in [3.63, 3.8) is 0 Å². The van der Waals surface area contributed by atoms with Gasteiger partial charge in [-0.15, -0.1) is 0 Å². The Morgan fingerprint density at radius 3 is 1.39 bits per heavy atom. The molecule has 8 nitrogen and oxygen atoms in total. The molecule has 0 aliphatic carbocycles. The minimum Gasteiger partial charge on any atom is -0.491 e. The molecule has 0 radical (unpaired) electrons. The number of rotatable bonds is 14. The number of hydrogen-bond acceptors (Lipinski definition) is 6. The quantitative estimate of drug-likeness (QED) is 0.446. The van der Waals surface area contributed by atoms with E-state index in [1.165, 1.54) is 0 Å². The van der Waals surface area contributed by atoms with E-state index in [9.17, 15) is 9.59 Å². The molecule has 0 bridgehead atoms. The Morgan fingerprint density at radius 2 is 1.03 bits per heavy atom. The van der Waals surface area contributed by atoms with Crippen LogP contribution in [0, 0.1) is 0 Å². The van der Waals surface area contributed by atoms with Gasteiger partial charge in [-0.1, -0.05) is 0 Å². The lowest BCUT2D eigenvalue weighted by atomic mass is 10.2. The van der Waals surface area contributed by atoms with Gasteiger partial charge in [-0.25, -0.2) is 0 Å². The summed E-state index contributed by atoms with van der Waals surface area (Å²) in [7, 11) is 3.23. The molecule has 0 aliphatic heterocycles. The van der Waals surface area contributed by atoms with Crippen molar-refractivity contribution in [2.24, 2.45) is 0 Å². The van der Waals surface area contributed by atoms with Crippen molar-refractivity contribution >= 4 is 23.2 Å². The van der Waals surface area contributed by atoms with Gasteiger partial charge in [-0.05, 0) is 55.0 Å². The lowest BCUT2D eigenvalue weighted by Crippen LogP contribution is -2.15. The number of nitrogens with one attached hydrogen (secondary N) is 2. The second kappa shape index (κ2) is 14.0. The van der Waals surface area contributed by atoms with Gasteiger partial charge in [0.2, 0.25) is 11.8 Å². The SMILES string of the molecule is COCCOc1ccc(NC(=O)CCCC(=O)Nc2ccc(OCCOC)cc2)cc1. The van der Waals surface area contributed by atoms with Crippen LogP contribution in [0.2, 0.25) is 0 Å². The van der Waals surface area contributed by atoms with Crippen LogP contribution in [-0.2, 0) is 19.1 Å². The fraction of sp³-hybridized carbons (Fsp3) is 0.391. The van der Waals surface area contributed by atoms with Crippen LogP contribution in [0.15, 0.2) is 48.5 Å². The number of amides is 2. The zero-order valence-corrected chi connectivity index (χ0v) is 18.0. The van der Waals surface area contributed by atoms with E-state index >= 15 is 0 Å². The zero-order chi connectivity index (χ0) is 22.3. The molecule has 0 atom stereocenters. The van der Waals surface area contributed by atoms with Crippen molar-refractivity contribution in [1.82, 2.24) is 0 Å². The summed E-state index contributed by atoms with van der Waals surface area (Å²) >= 11 is 0. The Morgan fingerprint density at radius 1 is 0.645 bits per heavy atom. The van der Waals surface area contributed by atoms with Crippen molar-refractivity contribution in [3.8, 4) is 11.5 Å². The summed E-state index contributed by atoms with van der Waals surface area (Å²) in [5.74, 6) is 1.14. The molecular formula is C23H30N2O6. The molecule has 0 saturated carbocycles. The summed E-state index contributed by atoms with van der Waals surface area (Å²) in [6, 6.07) is 14.2. The molecule has 0 fully saturated rings. The smallest absolute Gasteiger partial charge is 0.224 e. The first-order valence-electron chi connectivity index (χ1n) is 10.1. The monoisotopic (exact) mass is 430 g/mol. The molecule has 168 valence electrons. The van der Waals surface area contributed by atoms with Crippen LogP contribution in [0.5, 0.6) is 11.5 Å². The maximum absolute atomic E-state index is 12.1. The minimum absolute atomic E-state index is 0.140. The van der Waals surface area contributed by atoms with Gasteiger partial charge in [-0.3, -0.25) is 9.59 Å². The zero-order valence-electron chi connectivity index (χ0n) is 18.0. The average Bonchev–Trinajstić information content (AvgIpc) is 2.76. The van der Waals surface area contributed by atoms with Gasteiger partial charge in [0.15, 0.2) is 0 Å². The second-order valence-corrected chi connectivity index (χ2v) is 6.68. The van der Waals surface area contributed by atoms with Crippen LogP contribution in [0.3, 0.4) is 0 Å². The summed E-state index contributed by atoms with van der Waals surface area (Å²) < 4.78 is 20.8. The van der Waals surface area contributed by atoms with Crippen molar-refractivity contribution in [2.45, 2.75) is 19.3 Å². The van der Waals surface area contributed by atoms with Crippen LogP contribution in [-0.4, -0.2) is 52.5 Å². The van der Waals surface area contributed by atoms with Gasteiger partial charge < -0.3 is 29.6 Å². The molecule has 0 aliphatic rings. The topological polar surface area (TPSA) is 95.1 Å². The lowest BCUT2D eigenvalue weighted by molar-refractivity contribution is -0.117. The van der Waals surface area contributed by atoms with E-state index in [0.29, 0.717) is 55.7 Å². The molecule has 8 heteroatoms. The number of ether oxygens (including phenoxy) is 4. The number of carbonyl (C=O) groups excluding carboxylic acids is 2. The Balaban J connectivity index is 1.64. The highest BCUT2D eigenvalue weighted by Gasteiger charge is 2.07. The first-order valence-corrected chi connectivity index (χ1v) is 10.1. The van der Waals surface area contributed by atoms with Crippen LogP contribution < -0.4 is 20.1 Å². The maximum Gasteiger partial charge on any atom is 0.224 e. The van der Waals surface area contributed by atoms with Gasteiger partial charge in [0.05, 0.1) is 13.2 Å². The first kappa shape index (κ1) is 24.2. The molecule has 0 spiro atoms. The van der Waals surface area contributed by atoms with Crippen LogP contribution in [0.4, 0.5) is 11.4 Å². The fourth-order valence-electron chi connectivity index (χ4n) is 2.61. The Hall–Kier alpha value is -3.10. The second-order valence-electron chi connectivity index (χ2n) is 6.68. The summed E-state index contributed by atoms with van der Waals surface area (Å²) in [5, 5.41) is 5.63.